The Balaban J connectivity index is 1.83. The van der Waals surface area contributed by atoms with Crippen LogP contribution in [0.2, 0.25) is 0 Å². The van der Waals surface area contributed by atoms with Gasteiger partial charge in [-0.2, -0.15) is 0 Å². The van der Waals surface area contributed by atoms with Crippen molar-refractivity contribution >= 4 is 0 Å². The Morgan fingerprint density at radius 1 is 1.00 bits per heavy atom. The van der Waals surface area contributed by atoms with E-state index in [1.807, 2.05) is 0 Å². The minimum atomic E-state index is 0.448. The second kappa shape index (κ2) is 5.50. The van der Waals surface area contributed by atoms with E-state index in [2.05, 4.69) is 18.7 Å². The van der Waals surface area contributed by atoms with Crippen LogP contribution < -0.4 is 5.73 Å². The summed E-state index contributed by atoms with van der Waals surface area (Å²) in [4.78, 5) is 2.68. The van der Waals surface area contributed by atoms with Crippen molar-refractivity contribution in [3.63, 3.8) is 0 Å². The predicted octanol–water partition coefficient (Wildman–Crippen LogP) is 2.62. The third-order valence-corrected chi connectivity index (χ3v) is 4.77. The first-order valence-corrected chi connectivity index (χ1v) is 7.18. The zero-order valence-electron chi connectivity index (χ0n) is 11.0. The van der Waals surface area contributed by atoms with E-state index in [9.17, 15) is 0 Å². The van der Waals surface area contributed by atoms with Gasteiger partial charge >= 0.3 is 0 Å². The number of rotatable bonds is 2. The van der Waals surface area contributed by atoms with Crippen molar-refractivity contribution in [3.8, 4) is 0 Å². The zero-order chi connectivity index (χ0) is 11.5. The summed E-state index contributed by atoms with van der Waals surface area (Å²) in [6.07, 6.45) is 8.10. The van der Waals surface area contributed by atoms with Crippen LogP contribution in [0.5, 0.6) is 0 Å². The van der Waals surface area contributed by atoms with Crippen LogP contribution in [0.1, 0.15) is 52.4 Å². The Bertz CT molecular complexity index is 207. The number of hydrogen-bond acceptors (Lipinski definition) is 2. The average Bonchev–Trinajstić information content (AvgIpc) is 2.30. The lowest BCUT2D eigenvalue weighted by atomic mass is 9.83. The van der Waals surface area contributed by atoms with Crippen molar-refractivity contribution < 1.29 is 0 Å². The van der Waals surface area contributed by atoms with Crippen LogP contribution in [0.4, 0.5) is 0 Å². The summed E-state index contributed by atoms with van der Waals surface area (Å²) in [6.45, 7) is 7.32. The van der Waals surface area contributed by atoms with E-state index in [4.69, 9.17) is 5.73 Å². The SMILES string of the molecule is CC(C)C1CCN(C2CCCCC2N)CC1. The molecule has 1 saturated carbocycles. The molecule has 2 aliphatic rings. The van der Waals surface area contributed by atoms with E-state index in [0.717, 1.165) is 11.8 Å². The molecule has 0 bridgehead atoms. The summed E-state index contributed by atoms with van der Waals surface area (Å²) < 4.78 is 0. The quantitative estimate of drug-likeness (QED) is 0.781. The van der Waals surface area contributed by atoms with Gasteiger partial charge in [0.15, 0.2) is 0 Å². The molecule has 0 aromatic heterocycles. The van der Waals surface area contributed by atoms with E-state index in [1.165, 1.54) is 51.6 Å². The van der Waals surface area contributed by atoms with Gasteiger partial charge in [0.25, 0.3) is 0 Å². The van der Waals surface area contributed by atoms with Crippen LogP contribution >= 0.6 is 0 Å². The molecule has 2 fully saturated rings. The molecule has 0 aromatic rings. The fourth-order valence-corrected chi connectivity index (χ4v) is 3.51. The van der Waals surface area contributed by atoms with Crippen LogP contribution in [-0.4, -0.2) is 30.1 Å². The lowest BCUT2D eigenvalue weighted by Gasteiger charge is -2.42. The van der Waals surface area contributed by atoms with Gasteiger partial charge in [-0.15, -0.1) is 0 Å². The summed E-state index contributed by atoms with van der Waals surface area (Å²) in [7, 11) is 0. The smallest absolute Gasteiger partial charge is 0.0247 e. The minimum absolute atomic E-state index is 0.448. The fourth-order valence-electron chi connectivity index (χ4n) is 3.51. The lowest BCUT2D eigenvalue weighted by Crippen LogP contribution is -2.52. The van der Waals surface area contributed by atoms with Gasteiger partial charge in [0.2, 0.25) is 0 Å². The average molecular weight is 224 g/mol. The Hall–Kier alpha value is -0.0800. The number of nitrogens with two attached hydrogens (primary N) is 1. The first-order chi connectivity index (χ1) is 7.68. The summed E-state index contributed by atoms with van der Waals surface area (Å²) in [5.74, 6) is 1.82. The topological polar surface area (TPSA) is 29.3 Å². The van der Waals surface area contributed by atoms with Crippen molar-refractivity contribution in [1.82, 2.24) is 4.90 Å². The lowest BCUT2D eigenvalue weighted by molar-refractivity contribution is 0.0822. The fraction of sp³-hybridized carbons (Fsp3) is 1.00. The Morgan fingerprint density at radius 2 is 1.62 bits per heavy atom. The Morgan fingerprint density at radius 3 is 2.19 bits per heavy atom. The molecule has 1 aliphatic carbocycles. The van der Waals surface area contributed by atoms with Gasteiger partial charge in [-0.25, -0.2) is 0 Å². The Kier molecular flexibility index (Phi) is 4.26. The van der Waals surface area contributed by atoms with Gasteiger partial charge in [0, 0.05) is 12.1 Å². The van der Waals surface area contributed by atoms with Crippen LogP contribution in [0.15, 0.2) is 0 Å². The highest BCUT2D eigenvalue weighted by molar-refractivity contribution is 4.88. The number of nitrogens with zero attached hydrogens (tertiary/aromatic N) is 1. The molecule has 2 nitrogen and oxygen atoms in total. The second-order valence-corrected chi connectivity index (χ2v) is 6.13. The van der Waals surface area contributed by atoms with E-state index in [-0.39, 0.29) is 0 Å². The molecule has 0 radical (unpaired) electrons. The van der Waals surface area contributed by atoms with Crippen molar-refractivity contribution in [2.75, 3.05) is 13.1 Å². The molecule has 94 valence electrons. The number of piperidine rings is 1. The van der Waals surface area contributed by atoms with Gasteiger partial charge in [-0.1, -0.05) is 26.7 Å². The maximum Gasteiger partial charge on any atom is 0.0247 e. The molecule has 2 rings (SSSR count). The number of likely N-dealkylation sites (tertiary alicyclic amines) is 1. The van der Waals surface area contributed by atoms with E-state index < -0.39 is 0 Å². The highest BCUT2D eigenvalue weighted by Gasteiger charge is 2.31. The summed E-state index contributed by atoms with van der Waals surface area (Å²) >= 11 is 0. The molecule has 0 amide bonds. The Labute approximate surface area is 101 Å². The maximum absolute atomic E-state index is 6.26. The zero-order valence-corrected chi connectivity index (χ0v) is 11.0. The molecule has 16 heavy (non-hydrogen) atoms. The molecule has 1 aliphatic heterocycles. The highest BCUT2D eigenvalue weighted by Crippen LogP contribution is 2.29. The van der Waals surface area contributed by atoms with Crippen LogP contribution in [0.25, 0.3) is 0 Å². The summed E-state index contributed by atoms with van der Waals surface area (Å²) in [6, 6.07) is 1.14. The van der Waals surface area contributed by atoms with Gasteiger partial charge in [0.05, 0.1) is 0 Å². The maximum atomic E-state index is 6.26. The summed E-state index contributed by atoms with van der Waals surface area (Å²) in [5, 5.41) is 0. The van der Waals surface area contributed by atoms with Crippen LogP contribution in [-0.2, 0) is 0 Å². The molecule has 1 heterocycles. The predicted molar refractivity (Wildman–Crippen MR) is 69.4 cm³/mol. The molecule has 1 saturated heterocycles. The molecule has 2 N–H and O–H groups in total. The minimum Gasteiger partial charge on any atom is -0.326 e. The van der Waals surface area contributed by atoms with Crippen LogP contribution in [0, 0.1) is 11.8 Å². The molecule has 2 atom stereocenters. The summed E-state index contributed by atoms with van der Waals surface area (Å²) in [5.41, 5.74) is 6.26. The van der Waals surface area contributed by atoms with E-state index in [0.29, 0.717) is 12.1 Å². The van der Waals surface area contributed by atoms with E-state index >= 15 is 0 Å². The number of hydrogen-bond donors (Lipinski definition) is 1. The van der Waals surface area contributed by atoms with Crippen LogP contribution in [0.3, 0.4) is 0 Å². The first-order valence-electron chi connectivity index (χ1n) is 7.18. The van der Waals surface area contributed by atoms with E-state index in [1.54, 1.807) is 0 Å². The molecular formula is C14H28N2. The third-order valence-electron chi connectivity index (χ3n) is 4.77. The van der Waals surface area contributed by atoms with Crippen molar-refractivity contribution in [2.45, 2.75) is 64.5 Å². The van der Waals surface area contributed by atoms with Gasteiger partial charge in [-0.05, 0) is 50.6 Å². The van der Waals surface area contributed by atoms with Gasteiger partial charge < -0.3 is 5.73 Å². The molecule has 0 spiro atoms. The van der Waals surface area contributed by atoms with Crippen molar-refractivity contribution in [3.05, 3.63) is 0 Å². The largest absolute Gasteiger partial charge is 0.326 e. The molecule has 0 aromatic carbocycles. The molecule has 2 heteroatoms. The van der Waals surface area contributed by atoms with Crippen molar-refractivity contribution in [2.24, 2.45) is 17.6 Å². The van der Waals surface area contributed by atoms with Gasteiger partial charge in [0.1, 0.15) is 0 Å². The third kappa shape index (κ3) is 2.78. The standard InChI is InChI=1S/C14H28N2/c1-11(2)12-7-9-16(10-8-12)14-6-4-3-5-13(14)15/h11-14H,3-10,15H2,1-2H3. The van der Waals surface area contributed by atoms with Gasteiger partial charge in [-0.3, -0.25) is 4.90 Å². The van der Waals surface area contributed by atoms with Crippen molar-refractivity contribution in [1.29, 1.82) is 0 Å². The molecule has 2 unspecified atom stereocenters. The monoisotopic (exact) mass is 224 g/mol. The first kappa shape index (κ1) is 12.4. The highest BCUT2D eigenvalue weighted by atomic mass is 15.2. The normalized spacial score (nSPS) is 34.5. The second-order valence-electron chi connectivity index (χ2n) is 6.13. The molecular weight excluding hydrogens is 196 g/mol.